The number of sulfonamides is 1. The van der Waals surface area contributed by atoms with Gasteiger partial charge in [0.25, 0.3) is 0 Å². The number of nitrogens with zero attached hydrogens (tertiary/aromatic N) is 1. The number of alkyl halides is 3. The van der Waals surface area contributed by atoms with E-state index >= 15 is 0 Å². The van der Waals surface area contributed by atoms with Crippen molar-refractivity contribution < 1.29 is 26.7 Å². The Balaban J connectivity index is 3.25. The van der Waals surface area contributed by atoms with Gasteiger partial charge in [0.1, 0.15) is 0 Å². The zero-order chi connectivity index (χ0) is 17.1. The van der Waals surface area contributed by atoms with Crippen LogP contribution in [0.25, 0.3) is 0 Å². The fourth-order valence-corrected chi connectivity index (χ4v) is 2.99. The second-order valence-electron chi connectivity index (χ2n) is 4.89. The zero-order valence-electron chi connectivity index (χ0n) is 11.8. The van der Waals surface area contributed by atoms with E-state index in [0.717, 1.165) is 12.1 Å². The van der Waals surface area contributed by atoms with E-state index in [9.17, 15) is 21.6 Å². The summed E-state index contributed by atoms with van der Waals surface area (Å²) in [7, 11) is -4.19. The Kier molecular flexibility index (Phi) is 5.56. The minimum atomic E-state index is -4.83. The van der Waals surface area contributed by atoms with Crippen LogP contribution in [0, 0.1) is 17.2 Å². The highest BCUT2D eigenvalue weighted by Crippen LogP contribution is 2.33. The number of halogens is 3. The van der Waals surface area contributed by atoms with Crippen molar-refractivity contribution in [2.75, 3.05) is 6.61 Å². The summed E-state index contributed by atoms with van der Waals surface area (Å²) in [4.78, 5) is -0.587. The van der Waals surface area contributed by atoms with Crippen LogP contribution in [0.3, 0.4) is 0 Å². The third-order valence-corrected chi connectivity index (χ3v) is 4.77. The number of hydrogen-bond donors (Lipinski definition) is 2. The van der Waals surface area contributed by atoms with Gasteiger partial charge >= 0.3 is 6.18 Å². The maximum Gasteiger partial charge on any atom is 0.417 e. The van der Waals surface area contributed by atoms with Gasteiger partial charge < -0.3 is 5.11 Å². The molecule has 2 unspecified atom stereocenters. The molecule has 0 saturated carbocycles. The van der Waals surface area contributed by atoms with Gasteiger partial charge in [-0.2, -0.15) is 18.4 Å². The van der Waals surface area contributed by atoms with Gasteiger partial charge in [0.2, 0.25) is 10.0 Å². The van der Waals surface area contributed by atoms with E-state index in [2.05, 4.69) is 4.72 Å². The molecule has 2 N–H and O–H groups in total. The summed E-state index contributed by atoms with van der Waals surface area (Å²) < 4.78 is 64.9. The normalized spacial score (nSPS) is 15.1. The number of nitriles is 1. The van der Waals surface area contributed by atoms with Crippen LogP contribution < -0.4 is 4.72 Å². The van der Waals surface area contributed by atoms with Crippen molar-refractivity contribution in [3.63, 3.8) is 0 Å². The Morgan fingerprint density at radius 3 is 2.41 bits per heavy atom. The maximum absolute atomic E-state index is 12.8. The summed E-state index contributed by atoms with van der Waals surface area (Å²) in [6, 6.07) is 2.90. The van der Waals surface area contributed by atoms with E-state index in [1.54, 1.807) is 6.92 Å². The van der Waals surface area contributed by atoms with Gasteiger partial charge in [0.15, 0.2) is 0 Å². The molecule has 0 aromatic heterocycles. The largest absolute Gasteiger partial charge is 0.417 e. The first kappa shape index (κ1) is 18.4. The van der Waals surface area contributed by atoms with Gasteiger partial charge in [-0.3, -0.25) is 0 Å². The minimum Gasteiger partial charge on any atom is -0.396 e. The molecular formula is C13H15F3N2O3S. The number of nitrogens with one attached hydrogen (secondary N) is 1. The molecule has 9 heteroatoms. The molecule has 0 amide bonds. The fraction of sp³-hybridized carbons (Fsp3) is 0.462. The van der Waals surface area contributed by atoms with Crippen molar-refractivity contribution in [1.82, 2.24) is 4.72 Å². The minimum absolute atomic E-state index is 0.273. The SMILES string of the molecule is CC(CO)C(C)NS(=O)(=O)c1ccc(C#N)c(C(F)(F)F)c1. The smallest absolute Gasteiger partial charge is 0.396 e. The zero-order valence-corrected chi connectivity index (χ0v) is 12.7. The Bertz CT molecular complexity index is 681. The van der Waals surface area contributed by atoms with Crippen LogP contribution in [-0.2, 0) is 16.2 Å². The summed E-state index contributed by atoms with van der Waals surface area (Å²) in [6.45, 7) is 2.81. The molecule has 1 aromatic rings. The van der Waals surface area contributed by atoms with Crippen LogP contribution in [0.2, 0.25) is 0 Å². The van der Waals surface area contributed by atoms with Gasteiger partial charge in [-0.1, -0.05) is 6.92 Å². The number of aliphatic hydroxyl groups is 1. The highest BCUT2D eigenvalue weighted by molar-refractivity contribution is 7.89. The third kappa shape index (κ3) is 4.19. The molecule has 0 fully saturated rings. The maximum atomic E-state index is 12.8. The number of aliphatic hydroxyl groups excluding tert-OH is 1. The summed E-state index contributed by atoms with van der Waals surface area (Å²) in [6.07, 6.45) is -4.83. The molecule has 1 aromatic carbocycles. The molecule has 0 saturated heterocycles. The van der Waals surface area contributed by atoms with E-state index in [-0.39, 0.29) is 6.61 Å². The van der Waals surface area contributed by atoms with Crippen LogP contribution in [0.1, 0.15) is 25.0 Å². The van der Waals surface area contributed by atoms with Crippen LogP contribution in [0.15, 0.2) is 23.1 Å². The van der Waals surface area contributed by atoms with E-state index in [1.807, 2.05) is 0 Å². The summed E-state index contributed by atoms with van der Waals surface area (Å²) in [5.41, 5.74) is -1.95. The Morgan fingerprint density at radius 2 is 1.95 bits per heavy atom. The second-order valence-corrected chi connectivity index (χ2v) is 6.60. The predicted octanol–water partition coefficient (Wildman–Crippen LogP) is 1.87. The molecule has 0 aliphatic heterocycles. The van der Waals surface area contributed by atoms with Crippen LogP contribution in [-0.4, -0.2) is 26.2 Å². The third-order valence-electron chi connectivity index (χ3n) is 3.21. The molecule has 122 valence electrons. The summed E-state index contributed by atoms with van der Waals surface area (Å²) >= 11 is 0. The van der Waals surface area contributed by atoms with Gasteiger partial charge in [-0.15, -0.1) is 0 Å². The number of benzene rings is 1. The lowest BCUT2D eigenvalue weighted by Crippen LogP contribution is -2.38. The number of rotatable bonds is 5. The van der Waals surface area contributed by atoms with Crippen molar-refractivity contribution in [3.8, 4) is 6.07 Å². The molecule has 0 aliphatic rings. The molecule has 0 heterocycles. The molecule has 0 spiro atoms. The molecule has 0 bridgehead atoms. The van der Waals surface area contributed by atoms with E-state index < -0.39 is 44.2 Å². The van der Waals surface area contributed by atoms with Gasteiger partial charge in [0, 0.05) is 12.6 Å². The quantitative estimate of drug-likeness (QED) is 0.859. The lowest BCUT2D eigenvalue weighted by molar-refractivity contribution is -0.137. The number of hydrogen-bond acceptors (Lipinski definition) is 4. The molecular weight excluding hydrogens is 321 g/mol. The highest BCUT2D eigenvalue weighted by atomic mass is 32.2. The molecule has 1 rings (SSSR count). The van der Waals surface area contributed by atoms with Crippen molar-refractivity contribution in [2.24, 2.45) is 5.92 Å². The van der Waals surface area contributed by atoms with Crippen LogP contribution in [0.4, 0.5) is 13.2 Å². The molecule has 22 heavy (non-hydrogen) atoms. The summed E-state index contributed by atoms with van der Waals surface area (Å²) in [5.74, 6) is -0.407. The summed E-state index contributed by atoms with van der Waals surface area (Å²) in [5, 5.41) is 17.7. The Hall–Kier alpha value is -1.63. The van der Waals surface area contributed by atoms with E-state index in [4.69, 9.17) is 10.4 Å². The molecule has 0 aliphatic carbocycles. The predicted molar refractivity (Wildman–Crippen MR) is 72.2 cm³/mol. The lowest BCUT2D eigenvalue weighted by atomic mass is 10.1. The Labute approximate surface area is 126 Å². The molecule has 0 radical (unpaired) electrons. The van der Waals surface area contributed by atoms with E-state index in [1.165, 1.54) is 13.0 Å². The average Bonchev–Trinajstić information content (AvgIpc) is 2.44. The van der Waals surface area contributed by atoms with Crippen molar-refractivity contribution in [3.05, 3.63) is 29.3 Å². The van der Waals surface area contributed by atoms with Crippen molar-refractivity contribution in [2.45, 2.75) is 31.0 Å². The molecule has 2 atom stereocenters. The monoisotopic (exact) mass is 336 g/mol. The molecule has 5 nitrogen and oxygen atoms in total. The first-order valence-electron chi connectivity index (χ1n) is 6.27. The van der Waals surface area contributed by atoms with Crippen molar-refractivity contribution in [1.29, 1.82) is 5.26 Å². The first-order valence-corrected chi connectivity index (χ1v) is 7.75. The standard InChI is InChI=1S/C13H15F3N2O3S/c1-8(7-19)9(2)18-22(20,21)11-4-3-10(6-17)12(5-11)13(14,15)16/h3-5,8-9,18-19H,7H2,1-2H3. The highest BCUT2D eigenvalue weighted by Gasteiger charge is 2.35. The van der Waals surface area contributed by atoms with Crippen LogP contribution >= 0.6 is 0 Å². The lowest BCUT2D eigenvalue weighted by Gasteiger charge is -2.19. The van der Waals surface area contributed by atoms with E-state index in [0.29, 0.717) is 6.07 Å². The van der Waals surface area contributed by atoms with Gasteiger partial charge in [0.05, 0.1) is 22.1 Å². The Morgan fingerprint density at radius 1 is 1.36 bits per heavy atom. The topological polar surface area (TPSA) is 90.2 Å². The second kappa shape index (κ2) is 6.64. The van der Waals surface area contributed by atoms with Gasteiger partial charge in [-0.05, 0) is 31.0 Å². The van der Waals surface area contributed by atoms with Gasteiger partial charge in [-0.25, -0.2) is 13.1 Å². The first-order chi connectivity index (χ1) is 10.0. The van der Waals surface area contributed by atoms with Crippen LogP contribution in [0.5, 0.6) is 0 Å². The van der Waals surface area contributed by atoms with Crippen molar-refractivity contribution >= 4 is 10.0 Å². The fourth-order valence-electron chi connectivity index (χ4n) is 1.61. The average molecular weight is 336 g/mol.